The average Bonchev–Trinajstić information content (AvgIpc) is 1.57. The first-order chi connectivity index (χ1) is 54.3. The normalized spacial score (nSPS) is 11.9. The van der Waals surface area contributed by atoms with E-state index in [0.717, 1.165) is 115 Å². The van der Waals surface area contributed by atoms with E-state index in [1.54, 1.807) is 0 Å². The molecule has 17 aromatic carbocycles. The fourth-order valence-corrected chi connectivity index (χ4v) is 17.5. The Bertz CT molecular complexity index is 7450. The van der Waals surface area contributed by atoms with Gasteiger partial charge in [-0.1, -0.05) is 323 Å². The number of hydrogen-bond donors (Lipinski definition) is 0. The molecule has 0 saturated heterocycles. The molecule has 0 spiro atoms. The summed E-state index contributed by atoms with van der Waals surface area (Å²) in [5, 5.41) is 16.5. The standard InChI is InChI=1S/C48H29N3O.C36H22BrN3.C17H11Br/c1-2-11-30(12-3-1)31-21-23-32(24-22-31)46-39-14-4-7-18-41(39)49-48(50-46)51-42-19-8-5-15-40(42)45-35-27-25-34(29-33(35)26-28-43(45)51)36-16-10-17-38-37-13-6-9-20-44(37)52-47(36)38;37-27-19-20-28-26(22-27)18-21-33-34(28)30-11-5-7-13-32(30)40(33)36-38-31-12-6-4-10-29(31)35(39-36)25-16-14-24(15-17-25)23-8-2-1-3-9-23;18-14-7-8-16-12(10-14)5-6-13-9-11-3-1-2-4-15(11)17(13)16/h1-29H;1-22H;1-8,10H,9H2. The molecule has 5 heterocycles. The largest absolute Gasteiger partial charge is 0.455 e. The van der Waals surface area contributed by atoms with E-state index in [2.05, 4.69) is 369 Å². The van der Waals surface area contributed by atoms with Crippen molar-refractivity contribution in [3.05, 3.63) is 384 Å². The first-order valence-corrected chi connectivity index (χ1v) is 38.6. The summed E-state index contributed by atoms with van der Waals surface area (Å²) in [5.74, 6) is 1.32. The van der Waals surface area contributed by atoms with Crippen molar-refractivity contribution in [2.24, 2.45) is 0 Å². The van der Waals surface area contributed by atoms with Crippen molar-refractivity contribution in [3.63, 3.8) is 0 Å². The summed E-state index contributed by atoms with van der Waals surface area (Å²) in [5.41, 5.74) is 24.6. The predicted molar refractivity (Wildman–Crippen MR) is 465 cm³/mol. The lowest BCUT2D eigenvalue weighted by atomic mass is 9.97. The van der Waals surface area contributed by atoms with Gasteiger partial charge in [0.05, 0.1) is 44.5 Å². The highest BCUT2D eigenvalue weighted by Crippen LogP contribution is 2.45. The van der Waals surface area contributed by atoms with Gasteiger partial charge in [-0.25, -0.2) is 19.9 Å². The molecule has 1 aliphatic carbocycles. The van der Waals surface area contributed by atoms with E-state index in [0.29, 0.717) is 11.9 Å². The van der Waals surface area contributed by atoms with Crippen LogP contribution in [-0.2, 0) is 6.42 Å². The summed E-state index contributed by atoms with van der Waals surface area (Å²) in [7, 11) is 0. The molecule has 516 valence electrons. The van der Waals surface area contributed by atoms with Crippen molar-refractivity contribution >= 4 is 152 Å². The van der Waals surface area contributed by atoms with Crippen LogP contribution in [0.15, 0.2) is 377 Å². The predicted octanol–water partition coefficient (Wildman–Crippen LogP) is 27.9. The van der Waals surface area contributed by atoms with Crippen LogP contribution < -0.4 is 0 Å². The maximum atomic E-state index is 6.41. The van der Waals surface area contributed by atoms with Crippen LogP contribution >= 0.6 is 31.9 Å². The Morgan fingerprint density at radius 3 is 1.28 bits per heavy atom. The number of aromatic nitrogens is 6. The van der Waals surface area contributed by atoms with Gasteiger partial charge >= 0.3 is 0 Å². The summed E-state index contributed by atoms with van der Waals surface area (Å²) in [6, 6.07) is 128. The molecule has 1 aliphatic rings. The SMILES string of the molecule is Brc1ccc2c(ccc3c2c2ccccc2n3-c2nc(-c3ccc(-c4ccccc4)cc3)c3ccccc3n2)c1.Brc1ccc2c3c(ccc2c1)Cc1ccccc1-3.c1ccc(-c2ccc(-c3nc(-n4c5ccccc5c5c6ccc(-c7cccc8c7oc7ccccc78)cc6ccc54)nc4ccccc34)cc2)cc1. The van der Waals surface area contributed by atoms with Gasteiger partial charge in [0, 0.05) is 68.7 Å². The van der Waals surface area contributed by atoms with Gasteiger partial charge in [0.2, 0.25) is 11.9 Å². The van der Waals surface area contributed by atoms with Crippen LogP contribution in [0.25, 0.3) is 199 Å². The molecule has 0 saturated carbocycles. The highest BCUT2D eigenvalue weighted by Gasteiger charge is 2.24. The molecular formula is C101H62Br2N6O. The second-order valence-corrected chi connectivity index (χ2v) is 30.0. The summed E-state index contributed by atoms with van der Waals surface area (Å²) in [6.45, 7) is 0. The highest BCUT2D eigenvalue weighted by molar-refractivity contribution is 9.10. The Labute approximate surface area is 649 Å². The smallest absolute Gasteiger partial charge is 0.235 e. The van der Waals surface area contributed by atoms with Gasteiger partial charge in [0.25, 0.3) is 0 Å². The molecule has 0 amide bonds. The van der Waals surface area contributed by atoms with Crippen molar-refractivity contribution in [3.8, 4) is 78.9 Å². The molecule has 0 unspecified atom stereocenters. The van der Waals surface area contributed by atoms with E-state index in [1.165, 1.54) is 98.4 Å². The molecule has 9 heteroatoms. The molecular weight excluding hydrogens is 1470 g/mol. The topological polar surface area (TPSA) is 74.6 Å². The van der Waals surface area contributed by atoms with Crippen LogP contribution in [0.3, 0.4) is 0 Å². The molecule has 0 fully saturated rings. The molecule has 5 aromatic heterocycles. The molecule has 22 aromatic rings. The third kappa shape index (κ3) is 11.1. The first kappa shape index (κ1) is 64.9. The van der Waals surface area contributed by atoms with Gasteiger partial charge in [0.1, 0.15) is 11.2 Å². The third-order valence-electron chi connectivity index (χ3n) is 21.8. The van der Waals surface area contributed by atoms with Gasteiger partial charge in [-0.2, -0.15) is 0 Å². The van der Waals surface area contributed by atoms with Crippen LogP contribution in [0.4, 0.5) is 0 Å². The molecule has 0 N–H and O–H groups in total. The van der Waals surface area contributed by atoms with Gasteiger partial charge in [-0.3, -0.25) is 9.13 Å². The quantitative estimate of drug-likeness (QED) is 0.159. The Hall–Kier alpha value is -13.4. The van der Waals surface area contributed by atoms with Crippen molar-refractivity contribution in [2.75, 3.05) is 0 Å². The molecule has 23 rings (SSSR count). The van der Waals surface area contributed by atoms with Crippen molar-refractivity contribution in [1.29, 1.82) is 0 Å². The number of halogens is 2. The Morgan fingerprint density at radius 1 is 0.264 bits per heavy atom. The lowest BCUT2D eigenvalue weighted by Crippen LogP contribution is -2.03. The molecule has 0 atom stereocenters. The van der Waals surface area contributed by atoms with E-state index in [4.69, 9.17) is 24.4 Å². The second kappa shape index (κ2) is 26.8. The molecule has 0 bridgehead atoms. The van der Waals surface area contributed by atoms with Crippen LogP contribution in [0.1, 0.15) is 11.1 Å². The first-order valence-electron chi connectivity index (χ1n) is 37.0. The van der Waals surface area contributed by atoms with E-state index in [1.807, 2.05) is 36.4 Å². The number of benzene rings is 17. The summed E-state index contributed by atoms with van der Waals surface area (Å²) < 4.78 is 13.1. The number of fused-ring (bicyclic) bond motifs is 20. The minimum absolute atomic E-state index is 0.652. The maximum absolute atomic E-state index is 6.41. The van der Waals surface area contributed by atoms with Crippen LogP contribution in [-0.4, -0.2) is 29.1 Å². The van der Waals surface area contributed by atoms with Crippen molar-refractivity contribution in [2.45, 2.75) is 6.42 Å². The fraction of sp³-hybridized carbons (Fsp3) is 0.00990. The minimum atomic E-state index is 0.652. The third-order valence-corrected chi connectivity index (χ3v) is 22.8. The number of hydrogen-bond acceptors (Lipinski definition) is 5. The highest BCUT2D eigenvalue weighted by atomic mass is 79.9. The van der Waals surface area contributed by atoms with Crippen LogP contribution in [0.5, 0.6) is 0 Å². The van der Waals surface area contributed by atoms with Gasteiger partial charge in [0.15, 0.2) is 0 Å². The molecule has 7 nitrogen and oxygen atoms in total. The van der Waals surface area contributed by atoms with Gasteiger partial charge in [-0.05, 0) is 162 Å². The zero-order chi connectivity index (χ0) is 72.9. The van der Waals surface area contributed by atoms with Crippen LogP contribution in [0.2, 0.25) is 0 Å². The lowest BCUT2D eigenvalue weighted by molar-refractivity contribution is 0.670. The van der Waals surface area contributed by atoms with Gasteiger partial charge in [-0.15, -0.1) is 0 Å². The average molecular weight is 1540 g/mol. The van der Waals surface area contributed by atoms with Crippen molar-refractivity contribution < 1.29 is 4.42 Å². The summed E-state index contributed by atoms with van der Waals surface area (Å²) in [6.07, 6.45) is 1.07. The van der Waals surface area contributed by atoms with E-state index in [9.17, 15) is 0 Å². The monoisotopic (exact) mass is 1530 g/mol. The number of para-hydroxylation sites is 6. The van der Waals surface area contributed by atoms with E-state index >= 15 is 0 Å². The minimum Gasteiger partial charge on any atom is -0.455 e. The number of nitrogens with zero attached hydrogens (tertiary/aromatic N) is 6. The van der Waals surface area contributed by atoms with Gasteiger partial charge < -0.3 is 4.42 Å². The zero-order valence-electron chi connectivity index (χ0n) is 59.2. The van der Waals surface area contributed by atoms with Crippen molar-refractivity contribution in [1.82, 2.24) is 29.1 Å². The molecule has 0 radical (unpaired) electrons. The molecule has 0 aliphatic heterocycles. The second-order valence-electron chi connectivity index (χ2n) is 28.2. The summed E-state index contributed by atoms with van der Waals surface area (Å²) in [4.78, 5) is 20.9. The zero-order valence-corrected chi connectivity index (χ0v) is 62.4. The molecule has 110 heavy (non-hydrogen) atoms. The van der Waals surface area contributed by atoms with E-state index in [-0.39, 0.29) is 0 Å². The Morgan fingerprint density at radius 2 is 0.691 bits per heavy atom. The maximum Gasteiger partial charge on any atom is 0.235 e. The Balaban J connectivity index is 0.000000116. The number of rotatable bonds is 7. The number of furan rings is 1. The van der Waals surface area contributed by atoms with E-state index < -0.39 is 0 Å². The lowest BCUT2D eigenvalue weighted by Gasteiger charge is -2.12. The summed E-state index contributed by atoms with van der Waals surface area (Å²) >= 11 is 7.18. The fourth-order valence-electron chi connectivity index (χ4n) is 16.7. The van der Waals surface area contributed by atoms with Crippen LogP contribution in [0, 0.1) is 0 Å². The Kier molecular flexibility index (Phi) is 15.8.